The van der Waals surface area contributed by atoms with E-state index in [0.29, 0.717) is 5.90 Å². The molecule has 0 bridgehead atoms. The van der Waals surface area contributed by atoms with Gasteiger partial charge in [0.05, 0.1) is 15.7 Å². The van der Waals surface area contributed by atoms with Crippen LogP contribution in [0.4, 0.5) is 0 Å². The lowest BCUT2D eigenvalue weighted by molar-refractivity contribution is -0.139. The predicted octanol–water partition coefficient (Wildman–Crippen LogP) is 4.46. The van der Waals surface area contributed by atoms with Gasteiger partial charge in [-0.15, -0.1) is 11.3 Å². The van der Waals surface area contributed by atoms with E-state index in [2.05, 4.69) is 4.98 Å². The summed E-state index contributed by atoms with van der Waals surface area (Å²) in [5.41, 5.74) is 1.25. The van der Waals surface area contributed by atoms with Crippen molar-refractivity contribution in [3.05, 3.63) is 118 Å². The molecule has 7 nitrogen and oxygen atoms in total. The molecule has 0 unspecified atom stereocenters. The molecule has 1 aromatic heterocycles. The lowest BCUT2D eigenvalue weighted by Gasteiger charge is -2.31. The average Bonchev–Trinajstić information content (AvgIpc) is 3.59. The molecule has 192 valence electrons. The summed E-state index contributed by atoms with van der Waals surface area (Å²) >= 11 is 1.46. The number of thiazole rings is 1. The molecule has 3 heterocycles. The van der Waals surface area contributed by atoms with E-state index < -0.39 is 21.5 Å². The van der Waals surface area contributed by atoms with Crippen LogP contribution in [0.3, 0.4) is 0 Å². The maximum atomic E-state index is 14.5. The third kappa shape index (κ3) is 4.41. The minimum atomic E-state index is -3.59. The van der Waals surface area contributed by atoms with Gasteiger partial charge in [-0.25, -0.2) is 18.4 Å². The summed E-state index contributed by atoms with van der Waals surface area (Å²) in [7, 11) is -3.59. The van der Waals surface area contributed by atoms with Crippen molar-refractivity contribution in [1.82, 2.24) is 9.88 Å². The van der Waals surface area contributed by atoms with Crippen LogP contribution in [0.15, 0.2) is 106 Å². The van der Waals surface area contributed by atoms with Crippen LogP contribution in [0.5, 0.6) is 0 Å². The average molecular weight is 544 g/mol. The molecule has 4 aromatic rings. The van der Waals surface area contributed by atoms with Crippen LogP contribution < -0.4 is 0 Å². The zero-order valence-electron chi connectivity index (χ0n) is 20.4. The fourth-order valence-corrected chi connectivity index (χ4v) is 7.06. The van der Waals surface area contributed by atoms with Gasteiger partial charge in [-0.05, 0) is 29.8 Å². The molecule has 0 radical (unpaired) electrons. The molecule has 0 spiro atoms. The second-order valence-electron chi connectivity index (χ2n) is 9.37. The number of rotatable bonds is 7. The molecule has 0 saturated heterocycles. The summed E-state index contributed by atoms with van der Waals surface area (Å²) < 4.78 is 32.7. The minimum Gasteiger partial charge on any atom is -0.466 e. The molecule has 6 rings (SSSR count). The summed E-state index contributed by atoms with van der Waals surface area (Å²) in [6.07, 6.45) is 1.30. The van der Waals surface area contributed by atoms with E-state index in [1.165, 1.54) is 11.3 Å². The number of aliphatic imine (C=N–C) groups is 1. The SMILES string of the molecule is O=C1N(CCS(=O)(=O)c2ccccc2)Cc2ccccc2[C@@H]2OC(c3ccccc3)=N[C@]12Cc1nccs1. The van der Waals surface area contributed by atoms with Crippen LogP contribution in [0, 0.1) is 0 Å². The van der Waals surface area contributed by atoms with E-state index in [4.69, 9.17) is 9.73 Å². The van der Waals surface area contributed by atoms with E-state index in [1.54, 1.807) is 41.4 Å². The quantitative estimate of drug-likeness (QED) is 0.343. The standard InChI is InChI=1S/C29H25N3O4S2/c33-28-29(19-25-30-15-17-37-25)26(36-27(31-29)21-9-3-1-4-10-21)24-14-8-7-11-22(24)20-32(28)16-18-38(34,35)23-12-5-2-6-13-23/h1-15,17,26H,16,18-20H2/t26-,29-/m0/s1. The normalized spacial score (nSPS) is 20.7. The first-order chi connectivity index (χ1) is 18.5. The molecule has 0 N–H and O–H groups in total. The number of nitrogens with zero attached hydrogens (tertiary/aromatic N) is 3. The van der Waals surface area contributed by atoms with Crippen molar-refractivity contribution in [2.45, 2.75) is 29.5 Å². The number of carbonyl (C=O) groups excluding carboxylic acids is 1. The largest absolute Gasteiger partial charge is 0.466 e. The highest BCUT2D eigenvalue weighted by molar-refractivity contribution is 7.91. The topological polar surface area (TPSA) is 88.9 Å². The fourth-order valence-electron chi connectivity index (χ4n) is 5.09. The van der Waals surface area contributed by atoms with E-state index in [9.17, 15) is 13.2 Å². The van der Waals surface area contributed by atoms with Gasteiger partial charge >= 0.3 is 0 Å². The molecule has 38 heavy (non-hydrogen) atoms. The Bertz CT molecular complexity index is 1590. The zero-order chi connectivity index (χ0) is 26.2. The monoisotopic (exact) mass is 543 g/mol. The van der Waals surface area contributed by atoms with Crippen LogP contribution in [0.2, 0.25) is 0 Å². The summed E-state index contributed by atoms with van der Waals surface area (Å²) in [5, 5.41) is 2.64. The molecule has 3 aromatic carbocycles. The lowest BCUT2D eigenvalue weighted by Crippen LogP contribution is -2.50. The van der Waals surface area contributed by atoms with Gasteiger partial charge in [0, 0.05) is 42.2 Å². The molecule has 0 fully saturated rings. The number of fused-ring (bicyclic) bond motifs is 3. The Hall–Kier alpha value is -3.82. The number of sulfone groups is 1. The fraction of sp³-hybridized carbons (Fsp3) is 0.207. The lowest BCUT2D eigenvalue weighted by atomic mass is 9.84. The predicted molar refractivity (Wildman–Crippen MR) is 146 cm³/mol. The smallest absolute Gasteiger partial charge is 0.255 e. The van der Waals surface area contributed by atoms with Crippen LogP contribution >= 0.6 is 11.3 Å². The number of hydrogen-bond donors (Lipinski definition) is 0. The van der Waals surface area contributed by atoms with Gasteiger partial charge in [0.2, 0.25) is 5.90 Å². The van der Waals surface area contributed by atoms with E-state index in [-0.39, 0.29) is 36.1 Å². The first kappa shape index (κ1) is 24.5. The molecule has 0 aliphatic carbocycles. The third-order valence-electron chi connectivity index (χ3n) is 6.98. The number of aromatic nitrogens is 1. The summed E-state index contributed by atoms with van der Waals surface area (Å²) in [5.74, 6) is -0.0591. The summed E-state index contributed by atoms with van der Waals surface area (Å²) in [4.78, 5) is 25.8. The minimum absolute atomic E-state index is 0.0346. The highest BCUT2D eigenvalue weighted by Gasteiger charge is 2.57. The van der Waals surface area contributed by atoms with Crippen molar-refractivity contribution in [1.29, 1.82) is 0 Å². The van der Waals surface area contributed by atoms with Gasteiger partial charge in [0.15, 0.2) is 21.5 Å². The van der Waals surface area contributed by atoms with Crippen LogP contribution in [-0.4, -0.2) is 47.9 Å². The highest BCUT2D eigenvalue weighted by atomic mass is 32.2. The van der Waals surface area contributed by atoms with E-state index in [1.807, 2.05) is 60.0 Å². The van der Waals surface area contributed by atoms with E-state index in [0.717, 1.165) is 21.7 Å². The van der Waals surface area contributed by atoms with Crippen molar-refractivity contribution in [3.8, 4) is 0 Å². The number of ether oxygens (including phenoxy) is 1. The highest BCUT2D eigenvalue weighted by Crippen LogP contribution is 2.46. The Morgan fingerprint density at radius 3 is 2.42 bits per heavy atom. The Balaban J connectivity index is 1.44. The number of hydrogen-bond acceptors (Lipinski definition) is 7. The second-order valence-corrected chi connectivity index (χ2v) is 12.5. The van der Waals surface area contributed by atoms with Crippen molar-refractivity contribution >= 4 is 33.0 Å². The molecule has 1 amide bonds. The number of carbonyl (C=O) groups is 1. The van der Waals surface area contributed by atoms with Gasteiger partial charge in [-0.3, -0.25) is 4.79 Å². The van der Waals surface area contributed by atoms with Crippen molar-refractivity contribution in [2.75, 3.05) is 12.3 Å². The maximum Gasteiger partial charge on any atom is 0.255 e. The molecular weight excluding hydrogens is 518 g/mol. The van der Waals surface area contributed by atoms with Gasteiger partial charge in [0.25, 0.3) is 5.91 Å². The number of amides is 1. The summed E-state index contributed by atoms with van der Waals surface area (Å²) in [6, 6.07) is 25.6. The Labute approximate surface area is 225 Å². The molecule has 9 heteroatoms. The summed E-state index contributed by atoms with van der Waals surface area (Å²) in [6.45, 7) is 0.307. The Morgan fingerprint density at radius 1 is 0.974 bits per heavy atom. The molecular formula is C29H25N3O4S2. The number of benzene rings is 3. The maximum absolute atomic E-state index is 14.5. The van der Waals surface area contributed by atoms with Crippen molar-refractivity contribution in [2.24, 2.45) is 4.99 Å². The van der Waals surface area contributed by atoms with Crippen LogP contribution in [0.25, 0.3) is 0 Å². The molecule has 0 saturated carbocycles. The van der Waals surface area contributed by atoms with Gasteiger partial charge in [-0.1, -0.05) is 60.7 Å². The van der Waals surface area contributed by atoms with Crippen molar-refractivity contribution in [3.63, 3.8) is 0 Å². The van der Waals surface area contributed by atoms with Crippen LogP contribution in [0.1, 0.15) is 27.8 Å². The second kappa shape index (κ2) is 9.81. The van der Waals surface area contributed by atoms with Gasteiger partial charge in [-0.2, -0.15) is 0 Å². The molecule has 2 aliphatic rings. The first-order valence-corrected chi connectivity index (χ1v) is 14.8. The van der Waals surface area contributed by atoms with Gasteiger partial charge < -0.3 is 9.64 Å². The van der Waals surface area contributed by atoms with Gasteiger partial charge in [0.1, 0.15) is 0 Å². The van der Waals surface area contributed by atoms with E-state index >= 15 is 0 Å². The Kier molecular flexibility index (Phi) is 6.33. The first-order valence-electron chi connectivity index (χ1n) is 12.3. The van der Waals surface area contributed by atoms with Crippen LogP contribution in [-0.2, 0) is 32.3 Å². The molecule has 2 aliphatic heterocycles. The zero-order valence-corrected chi connectivity index (χ0v) is 22.1. The Morgan fingerprint density at radius 2 is 1.68 bits per heavy atom. The third-order valence-corrected chi connectivity index (χ3v) is 9.47. The molecule has 2 atom stereocenters. The van der Waals surface area contributed by atoms with Crippen molar-refractivity contribution < 1.29 is 17.9 Å².